The number of alkyl halides is 3. The number of fused-ring (bicyclic) bond motifs is 1. The molecular formula is C21H23F3N4O3. The number of amides is 2. The lowest BCUT2D eigenvalue weighted by molar-refractivity contribution is -0.142. The van der Waals surface area contributed by atoms with E-state index in [1.807, 2.05) is 30.3 Å². The van der Waals surface area contributed by atoms with Crippen molar-refractivity contribution in [2.45, 2.75) is 32.0 Å². The zero-order valence-corrected chi connectivity index (χ0v) is 17.2. The molecule has 166 valence electrons. The van der Waals surface area contributed by atoms with E-state index < -0.39 is 18.6 Å². The highest BCUT2D eigenvalue weighted by molar-refractivity contribution is 6.00. The van der Waals surface area contributed by atoms with E-state index in [1.54, 1.807) is 0 Å². The molecule has 3 aromatic rings. The number of halogens is 3. The Morgan fingerprint density at radius 3 is 2.65 bits per heavy atom. The molecule has 10 heteroatoms. The van der Waals surface area contributed by atoms with Crippen molar-refractivity contribution >= 4 is 29.0 Å². The smallest absolute Gasteiger partial charge is 0.408 e. The van der Waals surface area contributed by atoms with Crippen molar-refractivity contribution in [3.05, 3.63) is 48.0 Å². The number of carbonyl (C=O) groups is 2. The van der Waals surface area contributed by atoms with Crippen molar-refractivity contribution in [1.82, 2.24) is 14.7 Å². The maximum absolute atomic E-state index is 12.9. The summed E-state index contributed by atoms with van der Waals surface area (Å²) in [4.78, 5) is 26.3. The van der Waals surface area contributed by atoms with E-state index in [9.17, 15) is 22.8 Å². The number of hydrogen-bond donors (Lipinski definition) is 0. The monoisotopic (exact) mass is 436 g/mol. The normalized spacial score (nSPS) is 11.6. The van der Waals surface area contributed by atoms with Gasteiger partial charge in [-0.05, 0) is 25.0 Å². The Labute approximate surface area is 177 Å². The summed E-state index contributed by atoms with van der Waals surface area (Å²) in [5, 5.41) is 4.69. The number of unbranched alkanes of at least 4 members (excludes halogenated alkanes) is 1. The Kier molecular flexibility index (Phi) is 6.67. The lowest BCUT2D eigenvalue weighted by Crippen LogP contribution is -2.33. The van der Waals surface area contributed by atoms with Crippen LogP contribution in [0.15, 0.2) is 40.9 Å². The minimum absolute atomic E-state index is 0.0263. The van der Waals surface area contributed by atoms with E-state index in [0.717, 1.165) is 34.2 Å². The molecule has 2 amide bonds. The Morgan fingerprint density at radius 2 is 1.97 bits per heavy atom. The molecule has 3 rings (SSSR count). The highest BCUT2D eigenvalue weighted by atomic mass is 19.4. The molecule has 0 fully saturated rings. The fourth-order valence-electron chi connectivity index (χ4n) is 3.29. The number of hydrogen-bond acceptors (Lipinski definition) is 4. The molecule has 0 radical (unpaired) electrons. The maximum atomic E-state index is 12.9. The van der Waals surface area contributed by atoms with Crippen LogP contribution in [0.3, 0.4) is 0 Å². The first-order chi connectivity index (χ1) is 14.7. The fraction of sp³-hybridized carbons (Fsp3) is 0.381. The van der Waals surface area contributed by atoms with Crippen LogP contribution in [-0.2, 0) is 17.8 Å². The second kappa shape index (κ2) is 9.23. The highest BCUT2D eigenvalue weighted by Crippen LogP contribution is 2.25. The summed E-state index contributed by atoms with van der Waals surface area (Å²) in [5.74, 6) is 0.211. The van der Waals surface area contributed by atoms with Crippen LogP contribution in [0.25, 0.3) is 11.0 Å². The minimum Gasteiger partial charge on any atom is -0.461 e. The molecule has 31 heavy (non-hydrogen) atoms. The topological polar surface area (TPSA) is 71.6 Å². The van der Waals surface area contributed by atoms with Gasteiger partial charge in [-0.2, -0.15) is 18.3 Å². The molecule has 0 N–H and O–H groups in total. The Hall–Kier alpha value is -3.30. The SMILES string of the molecule is CN(CCCCc1cc2ccccc2o1)C(=O)c1c(N(C)C=O)cnn1CC(F)(F)F. The molecule has 0 aliphatic rings. The van der Waals surface area contributed by atoms with Crippen molar-refractivity contribution in [3.8, 4) is 0 Å². The van der Waals surface area contributed by atoms with Crippen molar-refractivity contribution in [3.63, 3.8) is 0 Å². The van der Waals surface area contributed by atoms with Crippen molar-refractivity contribution in [1.29, 1.82) is 0 Å². The molecule has 2 aromatic heterocycles. The summed E-state index contributed by atoms with van der Waals surface area (Å²) in [5.41, 5.74) is 0.569. The van der Waals surface area contributed by atoms with E-state index in [4.69, 9.17) is 4.42 Å². The molecule has 0 atom stereocenters. The number of anilines is 1. The number of nitrogens with zero attached hydrogens (tertiary/aromatic N) is 4. The molecule has 0 spiro atoms. The van der Waals surface area contributed by atoms with Gasteiger partial charge < -0.3 is 14.2 Å². The fourth-order valence-corrected chi connectivity index (χ4v) is 3.29. The van der Waals surface area contributed by atoms with Gasteiger partial charge in [-0.15, -0.1) is 0 Å². The van der Waals surface area contributed by atoms with Gasteiger partial charge in [-0.25, -0.2) is 4.68 Å². The van der Waals surface area contributed by atoms with E-state index in [0.29, 0.717) is 30.5 Å². The van der Waals surface area contributed by atoms with Crippen LogP contribution in [0.4, 0.5) is 18.9 Å². The summed E-state index contributed by atoms with van der Waals surface area (Å²) in [7, 11) is 2.87. The lowest BCUT2D eigenvalue weighted by atomic mass is 10.2. The number of carbonyl (C=O) groups excluding carboxylic acids is 2. The molecule has 0 bridgehead atoms. The van der Waals surface area contributed by atoms with Gasteiger partial charge in [0, 0.05) is 32.4 Å². The van der Waals surface area contributed by atoms with Crippen molar-refractivity contribution in [2.75, 3.05) is 25.5 Å². The Bertz CT molecular complexity index is 1020. The first-order valence-electron chi connectivity index (χ1n) is 9.73. The molecule has 2 heterocycles. The molecule has 7 nitrogen and oxygen atoms in total. The van der Waals surface area contributed by atoms with E-state index in [2.05, 4.69) is 5.10 Å². The summed E-state index contributed by atoms with van der Waals surface area (Å²) in [6, 6.07) is 9.66. The predicted molar refractivity (Wildman–Crippen MR) is 109 cm³/mol. The molecule has 0 aliphatic heterocycles. The maximum Gasteiger partial charge on any atom is 0.408 e. The van der Waals surface area contributed by atoms with Crippen LogP contribution >= 0.6 is 0 Å². The van der Waals surface area contributed by atoms with Crippen LogP contribution in [-0.4, -0.2) is 53.8 Å². The molecule has 1 aromatic carbocycles. The summed E-state index contributed by atoms with van der Waals surface area (Å²) in [6.45, 7) is -1.08. The molecular weight excluding hydrogens is 413 g/mol. The van der Waals surface area contributed by atoms with Gasteiger partial charge in [0.05, 0.1) is 11.9 Å². The lowest BCUT2D eigenvalue weighted by Gasteiger charge is -2.20. The van der Waals surface area contributed by atoms with Crippen LogP contribution in [0.2, 0.25) is 0 Å². The van der Waals surface area contributed by atoms with Crippen LogP contribution < -0.4 is 4.90 Å². The number of benzene rings is 1. The third-order valence-electron chi connectivity index (χ3n) is 4.88. The van der Waals surface area contributed by atoms with Gasteiger partial charge in [0.15, 0.2) is 5.69 Å². The van der Waals surface area contributed by atoms with E-state index in [1.165, 1.54) is 19.0 Å². The summed E-state index contributed by atoms with van der Waals surface area (Å²) in [6.07, 6.45) is -1.00. The van der Waals surface area contributed by atoms with Gasteiger partial charge >= 0.3 is 6.18 Å². The first-order valence-corrected chi connectivity index (χ1v) is 9.73. The Balaban J connectivity index is 1.63. The molecule has 0 saturated heterocycles. The minimum atomic E-state index is -4.55. The van der Waals surface area contributed by atoms with Gasteiger partial charge in [0.1, 0.15) is 17.9 Å². The second-order valence-corrected chi connectivity index (χ2v) is 7.30. The molecule has 0 aliphatic carbocycles. The average molecular weight is 436 g/mol. The van der Waals surface area contributed by atoms with E-state index >= 15 is 0 Å². The van der Waals surface area contributed by atoms with Crippen LogP contribution in [0, 0.1) is 0 Å². The van der Waals surface area contributed by atoms with Gasteiger partial charge in [0.25, 0.3) is 5.91 Å². The number of aromatic nitrogens is 2. The van der Waals surface area contributed by atoms with E-state index in [-0.39, 0.29) is 11.4 Å². The van der Waals surface area contributed by atoms with Gasteiger partial charge in [0.2, 0.25) is 6.41 Å². The third kappa shape index (κ3) is 5.44. The number of rotatable bonds is 9. The number of para-hydroxylation sites is 1. The van der Waals surface area contributed by atoms with Crippen LogP contribution in [0.5, 0.6) is 0 Å². The average Bonchev–Trinajstić information content (AvgIpc) is 3.32. The highest BCUT2D eigenvalue weighted by Gasteiger charge is 2.33. The van der Waals surface area contributed by atoms with Crippen molar-refractivity contribution in [2.24, 2.45) is 0 Å². The third-order valence-corrected chi connectivity index (χ3v) is 4.88. The zero-order valence-electron chi connectivity index (χ0n) is 17.2. The van der Waals surface area contributed by atoms with Crippen molar-refractivity contribution < 1.29 is 27.2 Å². The quantitative estimate of drug-likeness (QED) is 0.377. The predicted octanol–water partition coefficient (Wildman–Crippen LogP) is 3.88. The number of furan rings is 1. The summed E-state index contributed by atoms with van der Waals surface area (Å²) >= 11 is 0. The second-order valence-electron chi connectivity index (χ2n) is 7.30. The standard InChI is InChI=1S/C21H23F3N4O3/c1-26(10-6-5-8-16-11-15-7-3-4-9-18(15)31-16)20(30)19-17(27(2)14-29)12-25-28(19)13-21(22,23)24/h3-4,7,9,11-12,14H,5-6,8,10,13H2,1-2H3. The first kappa shape index (κ1) is 22.4. The van der Waals surface area contributed by atoms with Gasteiger partial charge in [-0.1, -0.05) is 18.2 Å². The van der Waals surface area contributed by atoms with Gasteiger partial charge in [-0.3, -0.25) is 9.59 Å². The zero-order chi connectivity index (χ0) is 22.6. The van der Waals surface area contributed by atoms with Crippen LogP contribution in [0.1, 0.15) is 29.1 Å². The molecule has 0 unspecified atom stereocenters. The largest absolute Gasteiger partial charge is 0.461 e. The summed E-state index contributed by atoms with van der Waals surface area (Å²) < 4.78 is 45.0. The molecule has 0 saturated carbocycles. The number of aryl methyl sites for hydroxylation is 1. The Morgan fingerprint density at radius 1 is 1.23 bits per heavy atom.